The molecular formula is C7H9F3N2. The molecule has 0 aromatic carbocycles. The lowest BCUT2D eigenvalue weighted by molar-refractivity contribution is -0.154. The first-order valence-electron chi connectivity index (χ1n) is 3.42. The average Bonchev–Trinajstić information content (AvgIpc) is 1.83. The molecule has 1 aliphatic heterocycles. The summed E-state index contributed by atoms with van der Waals surface area (Å²) in [6.07, 6.45) is -1.96. The highest BCUT2D eigenvalue weighted by Gasteiger charge is 2.41. The lowest BCUT2D eigenvalue weighted by Crippen LogP contribution is -2.43. The highest BCUT2D eigenvalue weighted by Crippen LogP contribution is 2.25. The van der Waals surface area contributed by atoms with Gasteiger partial charge in [0.25, 0.3) is 0 Å². The van der Waals surface area contributed by atoms with Crippen molar-refractivity contribution in [2.75, 3.05) is 7.05 Å². The van der Waals surface area contributed by atoms with Crippen LogP contribution in [0.5, 0.6) is 0 Å². The second kappa shape index (κ2) is 2.80. The first-order chi connectivity index (χ1) is 5.41. The zero-order valence-electron chi connectivity index (χ0n) is 6.76. The molecule has 0 aliphatic carbocycles. The summed E-state index contributed by atoms with van der Waals surface area (Å²) in [6.45, 7) is 1.65. The molecule has 12 heavy (non-hydrogen) atoms. The van der Waals surface area contributed by atoms with Crippen LogP contribution < -0.4 is 0 Å². The van der Waals surface area contributed by atoms with Crippen molar-refractivity contribution in [3.63, 3.8) is 0 Å². The van der Waals surface area contributed by atoms with Gasteiger partial charge < -0.3 is 4.90 Å². The van der Waals surface area contributed by atoms with Gasteiger partial charge in [-0.05, 0) is 6.92 Å². The van der Waals surface area contributed by atoms with Crippen LogP contribution in [-0.2, 0) is 0 Å². The van der Waals surface area contributed by atoms with Gasteiger partial charge in [-0.25, -0.2) is 0 Å². The van der Waals surface area contributed by atoms with Crippen LogP contribution in [0.1, 0.15) is 6.92 Å². The monoisotopic (exact) mass is 178 g/mol. The van der Waals surface area contributed by atoms with E-state index in [0.29, 0.717) is 5.70 Å². The Morgan fingerprint density at radius 1 is 1.50 bits per heavy atom. The molecule has 68 valence electrons. The van der Waals surface area contributed by atoms with Crippen LogP contribution in [0.25, 0.3) is 0 Å². The van der Waals surface area contributed by atoms with Gasteiger partial charge in [-0.3, -0.25) is 4.99 Å². The maximum Gasteiger partial charge on any atom is 0.413 e. The second-order valence-corrected chi connectivity index (χ2v) is 2.70. The lowest BCUT2D eigenvalue weighted by atomic mass is 10.2. The van der Waals surface area contributed by atoms with Crippen molar-refractivity contribution in [2.24, 2.45) is 4.99 Å². The Morgan fingerprint density at radius 3 is 2.50 bits per heavy atom. The number of halogens is 3. The summed E-state index contributed by atoms with van der Waals surface area (Å²) in [5.74, 6) is 0. The molecule has 0 aromatic rings. The molecule has 1 unspecified atom stereocenters. The van der Waals surface area contributed by atoms with Gasteiger partial charge in [-0.1, -0.05) is 0 Å². The highest BCUT2D eigenvalue weighted by atomic mass is 19.4. The minimum absolute atomic E-state index is 0.581. The molecule has 0 amide bonds. The van der Waals surface area contributed by atoms with Crippen molar-refractivity contribution in [3.8, 4) is 0 Å². The van der Waals surface area contributed by atoms with Crippen LogP contribution in [0, 0.1) is 0 Å². The molecule has 1 atom stereocenters. The molecule has 0 saturated heterocycles. The van der Waals surface area contributed by atoms with Crippen LogP contribution >= 0.6 is 0 Å². The number of allylic oxidation sites excluding steroid dienone is 1. The summed E-state index contributed by atoms with van der Waals surface area (Å²) in [7, 11) is 1.38. The number of alkyl halides is 3. The summed E-state index contributed by atoms with van der Waals surface area (Å²) in [6, 6.07) is -1.58. The van der Waals surface area contributed by atoms with Gasteiger partial charge >= 0.3 is 6.18 Å². The summed E-state index contributed by atoms with van der Waals surface area (Å²) in [5.41, 5.74) is 0.581. The Bertz CT molecular complexity index is 229. The Labute approximate surface area is 68.4 Å². The van der Waals surface area contributed by atoms with E-state index in [1.807, 2.05) is 0 Å². The quantitative estimate of drug-likeness (QED) is 0.552. The summed E-state index contributed by atoms with van der Waals surface area (Å²) in [5, 5.41) is 0. The molecule has 0 spiro atoms. The fraction of sp³-hybridized carbons (Fsp3) is 0.571. The van der Waals surface area contributed by atoms with Crippen LogP contribution in [0.4, 0.5) is 13.2 Å². The zero-order valence-corrected chi connectivity index (χ0v) is 6.76. The Balaban J connectivity index is 2.80. The van der Waals surface area contributed by atoms with Crippen LogP contribution in [0.2, 0.25) is 0 Å². The van der Waals surface area contributed by atoms with Gasteiger partial charge in [0, 0.05) is 19.5 Å². The molecule has 0 aromatic heterocycles. The molecule has 0 radical (unpaired) electrons. The van der Waals surface area contributed by atoms with Crippen molar-refractivity contribution in [3.05, 3.63) is 11.9 Å². The molecule has 2 nitrogen and oxygen atoms in total. The van der Waals surface area contributed by atoms with E-state index >= 15 is 0 Å². The van der Waals surface area contributed by atoms with Gasteiger partial charge in [-0.15, -0.1) is 0 Å². The van der Waals surface area contributed by atoms with E-state index in [9.17, 15) is 13.2 Å². The third-order valence-electron chi connectivity index (χ3n) is 1.58. The normalized spacial score (nSPS) is 24.2. The topological polar surface area (TPSA) is 15.6 Å². The van der Waals surface area contributed by atoms with Crippen molar-refractivity contribution >= 4 is 6.21 Å². The van der Waals surface area contributed by atoms with E-state index in [1.54, 1.807) is 6.92 Å². The van der Waals surface area contributed by atoms with Gasteiger partial charge in [0.15, 0.2) is 6.04 Å². The van der Waals surface area contributed by atoms with Gasteiger partial charge in [0.05, 0.1) is 5.70 Å². The predicted octanol–water partition coefficient (Wildman–Crippen LogP) is 1.79. The number of hydrogen-bond acceptors (Lipinski definition) is 2. The fourth-order valence-corrected chi connectivity index (χ4v) is 1.02. The first-order valence-corrected chi connectivity index (χ1v) is 3.42. The Morgan fingerprint density at radius 2 is 2.08 bits per heavy atom. The standard InChI is InChI=1S/C7H9F3N2/c1-5-4-12(2)6(3-11-5)7(8,9)10/h3-4,6H,1-2H3. The van der Waals surface area contributed by atoms with Crippen molar-refractivity contribution < 1.29 is 13.2 Å². The SMILES string of the molecule is CC1=CN(C)C(C(F)(F)F)C=N1. The van der Waals surface area contributed by atoms with E-state index in [2.05, 4.69) is 4.99 Å². The van der Waals surface area contributed by atoms with E-state index in [1.165, 1.54) is 13.2 Å². The first kappa shape index (κ1) is 9.09. The lowest BCUT2D eigenvalue weighted by Gasteiger charge is -2.28. The summed E-state index contributed by atoms with van der Waals surface area (Å²) in [4.78, 5) is 4.70. The molecule has 0 fully saturated rings. The van der Waals surface area contributed by atoms with Gasteiger partial charge in [-0.2, -0.15) is 13.2 Å². The molecule has 1 heterocycles. The summed E-state index contributed by atoms with van der Waals surface area (Å²) >= 11 is 0. The molecule has 5 heteroatoms. The van der Waals surface area contributed by atoms with E-state index in [-0.39, 0.29) is 0 Å². The van der Waals surface area contributed by atoms with Crippen LogP contribution in [0.3, 0.4) is 0 Å². The average molecular weight is 178 g/mol. The molecule has 1 aliphatic rings. The molecule has 0 bridgehead atoms. The molecule has 0 saturated carbocycles. The Hall–Kier alpha value is -1.00. The summed E-state index contributed by atoms with van der Waals surface area (Å²) < 4.78 is 36.5. The highest BCUT2D eigenvalue weighted by molar-refractivity contribution is 5.68. The van der Waals surface area contributed by atoms with Crippen LogP contribution in [-0.4, -0.2) is 30.4 Å². The maximum atomic E-state index is 12.2. The third-order valence-corrected chi connectivity index (χ3v) is 1.58. The minimum Gasteiger partial charge on any atom is -0.363 e. The van der Waals surface area contributed by atoms with Crippen molar-refractivity contribution in [1.82, 2.24) is 4.90 Å². The van der Waals surface area contributed by atoms with Gasteiger partial charge in [0.1, 0.15) is 0 Å². The van der Waals surface area contributed by atoms with E-state index in [4.69, 9.17) is 0 Å². The van der Waals surface area contributed by atoms with Crippen LogP contribution in [0.15, 0.2) is 16.9 Å². The van der Waals surface area contributed by atoms with E-state index in [0.717, 1.165) is 11.1 Å². The smallest absolute Gasteiger partial charge is 0.363 e. The van der Waals surface area contributed by atoms with Gasteiger partial charge in [0.2, 0.25) is 0 Å². The predicted molar refractivity (Wildman–Crippen MR) is 39.9 cm³/mol. The largest absolute Gasteiger partial charge is 0.413 e. The zero-order chi connectivity index (χ0) is 9.35. The fourth-order valence-electron chi connectivity index (χ4n) is 1.02. The van der Waals surface area contributed by atoms with Crippen molar-refractivity contribution in [1.29, 1.82) is 0 Å². The maximum absolute atomic E-state index is 12.2. The third kappa shape index (κ3) is 1.78. The van der Waals surface area contributed by atoms with E-state index < -0.39 is 12.2 Å². The Kier molecular flexibility index (Phi) is 2.12. The minimum atomic E-state index is -4.24. The van der Waals surface area contributed by atoms with Crippen molar-refractivity contribution in [2.45, 2.75) is 19.1 Å². The number of rotatable bonds is 0. The molecule has 0 N–H and O–H groups in total. The number of nitrogens with zero attached hydrogens (tertiary/aromatic N) is 2. The number of aliphatic imine (C=N–C) groups is 1. The molecule has 1 rings (SSSR count). The number of hydrogen-bond donors (Lipinski definition) is 0. The second-order valence-electron chi connectivity index (χ2n) is 2.70. The molecular weight excluding hydrogens is 169 g/mol.